The maximum absolute atomic E-state index is 13.6. The van der Waals surface area contributed by atoms with Crippen LogP contribution in [0.1, 0.15) is 22.8 Å². The number of nitrogens with one attached hydrogen (secondary N) is 1. The zero-order valence-electron chi connectivity index (χ0n) is 14.1. The summed E-state index contributed by atoms with van der Waals surface area (Å²) in [5.41, 5.74) is 0.777. The average Bonchev–Trinajstić information content (AvgIpc) is 2.59. The van der Waals surface area contributed by atoms with Crippen molar-refractivity contribution in [2.24, 2.45) is 0 Å². The van der Waals surface area contributed by atoms with Gasteiger partial charge in [-0.15, -0.1) is 0 Å². The maximum Gasteiger partial charge on any atom is 0.254 e. The summed E-state index contributed by atoms with van der Waals surface area (Å²) in [6, 6.07) is 6.60. The fourth-order valence-electron chi connectivity index (χ4n) is 2.30. The third kappa shape index (κ3) is 4.35. The van der Waals surface area contributed by atoms with E-state index >= 15 is 0 Å². The Morgan fingerprint density at radius 3 is 2.42 bits per heavy atom. The van der Waals surface area contributed by atoms with E-state index in [1.54, 1.807) is 18.2 Å². The number of hydrogen-bond donors (Lipinski definition) is 1. The summed E-state index contributed by atoms with van der Waals surface area (Å²) in [5, 5.41) is 2.86. The molecule has 2 amide bonds. The Bertz CT molecular complexity index is 859. The highest BCUT2D eigenvalue weighted by molar-refractivity contribution is 6.31. The number of rotatable bonds is 5. The van der Waals surface area contributed by atoms with E-state index < -0.39 is 28.9 Å². The number of anilines is 1. The van der Waals surface area contributed by atoms with E-state index in [0.29, 0.717) is 16.8 Å². The monoisotopic (exact) mass is 384 g/mol. The molecule has 1 N–H and O–H groups in total. The molecule has 0 saturated heterocycles. The van der Waals surface area contributed by atoms with Crippen LogP contribution in [0.4, 0.5) is 18.9 Å². The average molecular weight is 385 g/mol. The zero-order valence-corrected chi connectivity index (χ0v) is 14.8. The molecule has 2 rings (SSSR count). The SMILES string of the molecule is CC(=O)N(CCNC(=O)c1ccc(F)c(F)c1F)c1ccc(C)c(Cl)c1. The lowest BCUT2D eigenvalue weighted by Gasteiger charge is -2.22. The fraction of sp³-hybridized carbons (Fsp3) is 0.222. The third-order valence-electron chi connectivity index (χ3n) is 3.75. The van der Waals surface area contributed by atoms with Gasteiger partial charge in [0.15, 0.2) is 17.5 Å². The van der Waals surface area contributed by atoms with Crippen LogP contribution < -0.4 is 10.2 Å². The molecule has 26 heavy (non-hydrogen) atoms. The van der Waals surface area contributed by atoms with E-state index in [4.69, 9.17) is 11.6 Å². The van der Waals surface area contributed by atoms with Crippen LogP contribution in [0.15, 0.2) is 30.3 Å². The third-order valence-corrected chi connectivity index (χ3v) is 4.16. The van der Waals surface area contributed by atoms with Gasteiger partial charge in [0.25, 0.3) is 5.91 Å². The molecule has 138 valence electrons. The van der Waals surface area contributed by atoms with E-state index in [1.165, 1.54) is 11.8 Å². The van der Waals surface area contributed by atoms with Gasteiger partial charge in [0, 0.05) is 30.7 Å². The minimum absolute atomic E-state index is 0.0255. The Labute approximate surface area is 153 Å². The van der Waals surface area contributed by atoms with Crippen LogP contribution in [0, 0.1) is 24.4 Å². The predicted molar refractivity (Wildman–Crippen MR) is 92.9 cm³/mol. The Hall–Kier alpha value is -2.54. The fourth-order valence-corrected chi connectivity index (χ4v) is 2.47. The van der Waals surface area contributed by atoms with Crippen LogP contribution in [0.25, 0.3) is 0 Å². The molecule has 2 aromatic rings. The van der Waals surface area contributed by atoms with Crippen LogP contribution in [-0.2, 0) is 4.79 Å². The maximum atomic E-state index is 13.6. The van der Waals surface area contributed by atoms with E-state index in [9.17, 15) is 22.8 Å². The zero-order chi connectivity index (χ0) is 19.4. The second-order valence-electron chi connectivity index (χ2n) is 5.58. The summed E-state index contributed by atoms with van der Waals surface area (Å²) in [6.07, 6.45) is 0. The van der Waals surface area contributed by atoms with Gasteiger partial charge >= 0.3 is 0 Å². The van der Waals surface area contributed by atoms with Crippen molar-refractivity contribution in [3.05, 3.63) is 63.9 Å². The molecule has 4 nitrogen and oxygen atoms in total. The van der Waals surface area contributed by atoms with Crippen molar-refractivity contribution in [1.82, 2.24) is 5.32 Å². The van der Waals surface area contributed by atoms with Crippen molar-refractivity contribution in [2.75, 3.05) is 18.0 Å². The lowest BCUT2D eigenvalue weighted by molar-refractivity contribution is -0.116. The van der Waals surface area contributed by atoms with E-state index in [-0.39, 0.29) is 19.0 Å². The van der Waals surface area contributed by atoms with Gasteiger partial charge in [0.1, 0.15) is 0 Å². The first-order chi connectivity index (χ1) is 12.2. The molecule has 0 aliphatic heterocycles. The summed E-state index contributed by atoms with van der Waals surface area (Å²) >= 11 is 6.06. The number of carbonyl (C=O) groups is 2. The van der Waals surface area contributed by atoms with Crippen LogP contribution >= 0.6 is 11.6 Å². The van der Waals surface area contributed by atoms with Crippen LogP contribution in [0.5, 0.6) is 0 Å². The standard InChI is InChI=1S/C18H16ClF3N2O2/c1-10-3-4-12(9-14(10)19)24(11(2)25)8-7-23-18(26)13-5-6-15(20)17(22)16(13)21/h3-6,9H,7-8H2,1-2H3,(H,23,26). The number of hydrogen-bond acceptors (Lipinski definition) is 2. The van der Waals surface area contributed by atoms with Gasteiger partial charge in [-0.3, -0.25) is 9.59 Å². The lowest BCUT2D eigenvalue weighted by Crippen LogP contribution is -2.37. The molecule has 0 atom stereocenters. The predicted octanol–water partition coefficient (Wildman–Crippen LogP) is 3.85. The topological polar surface area (TPSA) is 49.4 Å². The van der Waals surface area contributed by atoms with Gasteiger partial charge < -0.3 is 10.2 Å². The van der Waals surface area contributed by atoms with E-state index in [1.807, 2.05) is 6.92 Å². The number of benzene rings is 2. The van der Waals surface area contributed by atoms with Crippen LogP contribution in [0.2, 0.25) is 5.02 Å². The molecular weight excluding hydrogens is 369 g/mol. The molecule has 0 spiro atoms. The number of amides is 2. The largest absolute Gasteiger partial charge is 0.350 e. The Kier molecular flexibility index (Phi) is 6.26. The normalized spacial score (nSPS) is 10.5. The van der Waals surface area contributed by atoms with Gasteiger partial charge in [-0.2, -0.15) is 0 Å². The first-order valence-corrected chi connectivity index (χ1v) is 8.06. The molecular formula is C18H16ClF3N2O2. The first kappa shape index (κ1) is 19.8. The number of halogens is 4. The highest BCUT2D eigenvalue weighted by Crippen LogP contribution is 2.23. The molecule has 0 radical (unpaired) electrons. The molecule has 0 aliphatic carbocycles. The summed E-state index contributed by atoms with van der Waals surface area (Å²) < 4.78 is 39.7. The van der Waals surface area contributed by atoms with Gasteiger partial charge in [-0.1, -0.05) is 17.7 Å². The second-order valence-corrected chi connectivity index (χ2v) is 5.99. The molecule has 0 saturated carbocycles. The molecule has 0 heterocycles. The Morgan fingerprint density at radius 1 is 1.12 bits per heavy atom. The first-order valence-electron chi connectivity index (χ1n) is 7.68. The Balaban J connectivity index is 2.06. The van der Waals surface area contributed by atoms with E-state index in [2.05, 4.69) is 5.32 Å². The lowest BCUT2D eigenvalue weighted by atomic mass is 10.2. The smallest absolute Gasteiger partial charge is 0.254 e. The highest BCUT2D eigenvalue weighted by Gasteiger charge is 2.19. The number of carbonyl (C=O) groups excluding carboxylic acids is 2. The molecule has 0 aliphatic rings. The summed E-state index contributed by atoms with van der Waals surface area (Å²) in [5.74, 6) is -5.84. The molecule has 0 bridgehead atoms. The van der Waals surface area contributed by atoms with Gasteiger partial charge in [0.05, 0.1) is 5.56 Å². The van der Waals surface area contributed by atoms with Gasteiger partial charge in [-0.25, -0.2) is 13.2 Å². The molecule has 0 fully saturated rings. The van der Waals surface area contributed by atoms with Crippen molar-refractivity contribution >= 4 is 29.1 Å². The quantitative estimate of drug-likeness (QED) is 0.796. The van der Waals surface area contributed by atoms with Crippen molar-refractivity contribution in [2.45, 2.75) is 13.8 Å². The van der Waals surface area contributed by atoms with Crippen molar-refractivity contribution in [1.29, 1.82) is 0 Å². The summed E-state index contributed by atoms with van der Waals surface area (Å²) in [4.78, 5) is 25.2. The molecule has 0 aromatic heterocycles. The molecule has 0 unspecified atom stereocenters. The van der Waals surface area contributed by atoms with Gasteiger partial charge in [0.2, 0.25) is 5.91 Å². The van der Waals surface area contributed by atoms with Crippen molar-refractivity contribution < 1.29 is 22.8 Å². The van der Waals surface area contributed by atoms with Crippen LogP contribution in [0.3, 0.4) is 0 Å². The Morgan fingerprint density at radius 2 is 1.81 bits per heavy atom. The summed E-state index contributed by atoms with van der Waals surface area (Å²) in [7, 11) is 0. The number of aryl methyl sites for hydroxylation is 1. The molecule has 8 heteroatoms. The minimum Gasteiger partial charge on any atom is -0.350 e. The molecule has 2 aromatic carbocycles. The number of nitrogens with zero attached hydrogens (tertiary/aromatic N) is 1. The van der Waals surface area contributed by atoms with Crippen molar-refractivity contribution in [3.63, 3.8) is 0 Å². The highest BCUT2D eigenvalue weighted by atomic mass is 35.5. The minimum atomic E-state index is -1.71. The van der Waals surface area contributed by atoms with Gasteiger partial charge in [-0.05, 0) is 36.8 Å². The van der Waals surface area contributed by atoms with Crippen molar-refractivity contribution in [3.8, 4) is 0 Å². The summed E-state index contributed by atoms with van der Waals surface area (Å²) in [6.45, 7) is 3.24. The van der Waals surface area contributed by atoms with E-state index in [0.717, 1.165) is 11.6 Å². The second kappa shape index (κ2) is 8.23. The van der Waals surface area contributed by atoms with Crippen LogP contribution in [-0.4, -0.2) is 24.9 Å².